The van der Waals surface area contributed by atoms with E-state index in [1.807, 2.05) is 45.9 Å². The third-order valence-corrected chi connectivity index (χ3v) is 4.05. The molecule has 0 spiro atoms. The molecular formula is C18H30N2O4. The minimum absolute atomic E-state index is 0.0675. The predicted molar refractivity (Wildman–Crippen MR) is 93.6 cm³/mol. The van der Waals surface area contributed by atoms with Crippen LogP contribution in [0.3, 0.4) is 0 Å². The molecule has 0 aromatic heterocycles. The number of nitrogens with one attached hydrogen (secondary N) is 2. The normalized spacial score (nSPS) is 22.5. The Bertz CT molecular complexity index is 487. The van der Waals surface area contributed by atoms with Gasteiger partial charge in [0, 0.05) is 11.6 Å². The zero-order valence-electron chi connectivity index (χ0n) is 15.2. The number of amides is 2. The fraction of sp³-hybridized carbons (Fsp3) is 0.667. The first kappa shape index (κ1) is 20.1. The van der Waals surface area contributed by atoms with Crippen molar-refractivity contribution >= 4 is 12.2 Å². The van der Waals surface area contributed by atoms with Crippen LogP contribution in [0.15, 0.2) is 23.9 Å². The molecule has 136 valence electrons. The van der Waals surface area contributed by atoms with E-state index in [2.05, 4.69) is 10.6 Å². The van der Waals surface area contributed by atoms with Gasteiger partial charge in [-0.25, -0.2) is 9.59 Å². The first-order valence-electron chi connectivity index (χ1n) is 8.71. The Balaban J connectivity index is 2.61. The Labute approximate surface area is 144 Å². The van der Waals surface area contributed by atoms with Crippen molar-refractivity contribution in [2.45, 2.75) is 58.9 Å². The second-order valence-corrected chi connectivity index (χ2v) is 6.26. The Morgan fingerprint density at radius 1 is 1.12 bits per heavy atom. The maximum atomic E-state index is 11.9. The Hall–Kier alpha value is -1.98. The molecule has 0 heterocycles. The molecule has 2 unspecified atom stereocenters. The van der Waals surface area contributed by atoms with Crippen LogP contribution in [-0.2, 0) is 9.47 Å². The minimum Gasteiger partial charge on any atom is -0.450 e. The van der Waals surface area contributed by atoms with Gasteiger partial charge in [-0.2, -0.15) is 0 Å². The van der Waals surface area contributed by atoms with Crippen molar-refractivity contribution in [1.29, 1.82) is 0 Å². The molecule has 0 saturated heterocycles. The number of alkyl carbamates (subject to hydrolysis) is 2. The quantitative estimate of drug-likeness (QED) is 0.658. The molecule has 2 amide bonds. The zero-order chi connectivity index (χ0) is 18.0. The molecule has 2 N–H and O–H groups in total. The van der Waals surface area contributed by atoms with Crippen LogP contribution >= 0.6 is 0 Å². The topological polar surface area (TPSA) is 76.7 Å². The van der Waals surface area contributed by atoms with E-state index in [1.165, 1.54) is 0 Å². The maximum Gasteiger partial charge on any atom is 0.411 e. The summed E-state index contributed by atoms with van der Waals surface area (Å²) in [5, 5.41) is 5.58. The summed E-state index contributed by atoms with van der Waals surface area (Å²) in [6.07, 6.45) is 8.25. The second kappa shape index (κ2) is 10.0. The summed E-state index contributed by atoms with van der Waals surface area (Å²) in [7, 11) is 0. The van der Waals surface area contributed by atoms with Crippen molar-refractivity contribution in [3.8, 4) is 0 Å². The number of rotatable bonds is 8. The van der Waals surface area contributed by atoms with Gasteiger partial charge in [0.2, 0.25) is 0 Å². The van der Waals surface area contributed by atoms with Crippen molar-refractivity contribution in [2.24, 2.45) is 5.92 Å². The van der Waals surface area contributed by atoms with Gasteiger partial charge < -0.3 is 14.8 Å². The van der Waals surface area contributed by atoms with Crippen LogP contribution in [0.1, 0.15) is 53.4 Å². The molecule has 0 saturated carbocycles. The van der Waals surface area contributed by atoms with Crippen molar-refractivity contribution in [3.63, 3.8) is 0 Å². The standard InChI is InChI=1S/C18H30N2O4/c1-5-7-11-23-16(21)19-15-10-9-14(3)18(4,13-15)20-17(22)24-12-8-6-2/h9-10,13-14H,5-8,11-12H2,1-4H3,(H,19,21)(H,20,22). The number of ether oxygens (including phenoxy) is 2. The Morgan fingerprint density at radius 2 is 1.71 bits per heavy atom. The molecule has 0 fully saturated rings. The number of carbonyl (C=O) groups is 2. The fourth-order valence-electron chi connectivity index (χ4n) is 2.21. The number of hydrogen-bond acceptors (Lipinski definition) is 4. The summed E-state index contributed by atoms with van der Waals surface area (Å²) in [6.45, 7) is 8.76. The molecule has 6 heteroatoms. The van der Waals surface area contributed by atoms with E-state index < -0.39 is 17.7 Å². The van der Waals surface area contributed by atoms with Crippen LogP contribution in [0, 0.1) is 5.92 Å². The SMILES string of the molecule is CCCCOC(=O)NC1=CC(C)(NC(=O)OCCCC)C(C)C=C1. The first-order valence-corrected chi connectivity index (χ1v) is 8.71. The van der Waals surface area contributed by atoms with Crippen molar-refractivity contribution < 1.29 is 19.1 Å². The van der Waals surface area contributed by atoms with Gasteiger partial charge in [-0.1, -0.05) is 39.7 Å². The zero-order valence-corrected chi connectivity index (χ0v) is 15.2. The molecule has 1 aliphatic carbocycles. The van der Waals surface area contributed by atoms with Gasteiger partial charge in [0.25, 0.3) is 0 Å². The maximum absolute atomic E-state index is 11.9. The highest BCUT2D eigenvalue weighted by Gasteiger charge is 2.32. The third kappa shape index (κ3) is 6.64. The van der Waals surface area contributed by atoms with Crippen LogP contribution < -0.4 is 10.6 Å². The lowest BCUT2D eigenvalue weighted by molar-refractivity contribution is 0.133. The molecular weight excluding hydrogens is 308 g/mol. The fourth-order valence-corrected chi connectivity index (χ4v) is 2.21. The molecule has 0 bridgehead atoms. The van der Waals surface area contributed by atoms with Crippen LogP contribution in [-0.4, -0.2) is 30.9 Å². The lowest BCUT2D eigenvalue weighted by Gasteiger charge is -2.35. The molecule has 0 aromatic carbocycles. The molecule has 0 aliphatic heterocycles. The number of allylic oxidation sites excluding steroid dienone is 1. The van der Waals surface area contributed by atoms with E-state index in [-0.39, 0.29) is 5.92 Å². The van der Waals surface area contributed by atoms with Gasteiger partial charge in [-0.3, -0.25) is 5.32 Å². The van der Waals surface area contributed by atoms with E-state index in [4.69, 9.17) is 9.47 Å². The smallest absolute Gasteiger partial charge is 0.411 e. The lowest BCUT2D eigenvalue weighted by atomic mass is 9.82. The largest absolute Gasteiger partial charge is 0.450 e. The summed E-state index contributed by atoms with van der Waals surface area (Å²) >= 11 is 0. The van der Waals surface area contributed by atoms with Gasteiger partial charge in [-0.05, 0) is 31.9 Å². The Morgan fingerprint density at radius 3 is 2.29 bits per heavy atom. The average Bonchev–Trinajstić information content (AvgIpc) is 2.51. The Kier molecular flexibility index (Phi) is 8.36. The molecule has 1 aliphatic rings. The third-order valence-electron chi connectivity index (χ3n) is 4.05. The number of hydrogen-bond donors (Lipinski definition) is 2. The van der Waals surface area contributed by atoms with E-state index >= 15 is 0 Å². The molecule has 24 heavy (non-hydrogen) atoms. The van der Waals surface area contributed by atoms with Crippen molar-refractivity contribution in [3.05, 3.63) is 23.9 Å². The second-order valence-electron chi connectivity index (χ2n) is 6.26. The molecule has 0 aromatic rings. The average molecular weight is 338 g/mol. The van der Waals surface area contributed by atoms with Gasteiger partial charge in [0.15, 0.2) is 0 Å². The van der Waals surface area contributed by atoms with E-state index in [9.17, 15) is 9.59 Å². The number of carbonyl (C=O) groups excluding carboxylic acids is 2. The lowest BCUT2D eigenvalue weighted by Crippen LogP contribution is -2.50. The van der Waals surface area contributed by atoms with Gasteiger partial charge in [-0.15, -0.1) is 0 Å². The summed E-state index contributed by atoms with van der Waals surface area (Å²) in [4.78, 5) is 23.7. The van der Waals surface area contributed by atoms with E-state index in [0.29, 0.717) is 18.9 Å². The molecule has 6 nitrogen and oxygen atoms in total. The van der Waals surface area contributed by atoms with Crippen LogP contribution in [0.25, 0.3) is 0 Å². The van der Waals surface area contributed by atoms with Crippen LogP contribution in [0.2, 0.25) is 0 Å². The monoisotopic (exact) mass is 338 g/mol. The summed E-state index contributed by atoms with van der Waals surface area (Å²) in [5.74, 6) is 0.0675. The van der Waals surface area contributed by atoms with Crippen molar-refractivity contribution in [1.82, 2.24) is 10.6 Å². The van der Waals surface area contributed by atoms with Gasteiger partial charge in [0.1, 0.15) is 0 Å². The predicted octanol–water partition coefficient (Wildman–Crippen LogP) is 3.89. The molecule has 2 atom stereocenters. The van der Waals surface area contributed by atoms with Gasteiger partial charge in [0.05, 0.1) is 18.8 Å². The summed E-state index contributed by atoms with van der Waals surface area (Å²) in [6, 6.07) is 0. The highest BCUT2D eigenvalue weighted by Crippen LogP contribution is 2.26. The van der Waals surface area contributed by atoms with Crippen LogP contribution in [0.4, 0.5) is 9.59 Å². The van der Waals surface area contributed by atoms with Crippen molar-refractivity contribution in [2.75, 3.05) is 13.2 Å². The first-order chi connectivity index (χ1) is 11.4. The van der Waals surface area contributed by atoms with Gasteiger partial charge >= 0.3 is 12.2 Å². The van der Waals surface area contributed by atoms with E-state index in [0.717, 1.165) is 25.7 Å². The van der Waals surface area contributed by atoms with Crippen LogP contribution in [0.5, 0.6) is 0 Å². The molecule has 0 radical (unpaired) electrons. The highest BCUT2D eigenvalue weighted by atomic mass is 16.6. The number of unbranched alkanes of at least 4 members (excludes halogenated alkanes) is 2. The highest BCUT2D eigenvalue weighted by molar-refractivity contribution is 5.71. The summed E-state index contributed by atoms with van der Waals surface area (Å²) in [5.41, 5.74) is -0.0321. The summed E-state index contributed by atoms with van der Waals surface area (Å²) < 4.78 is 10.3. The molecule has 1 rings (SSSR count). The minimum atomic E-state index is -0.635. The van der Waals surface area contributed by atoms with E-state index in [1.54, 1.807) is 0 Å².